The van der Waals surface area contributed by atoms with Crippen molar-refractivity contribution >= 4 is 15.9 Å². The quantitative estimate of drug-likeness (QED) is 0.873. The molecule has 2 rings (SSSR count). The van der Waals surface area contributed by atoms with E-state index in [-0.39, 0.29) is 0 Å². The van der Waals surface area contributed by atoms with Crippen LogP contribution in [0.5, 0.6) is 0 Å². The number of aromatic nitrogens is 2. The smallest absolute Gasteiger partial charge is 0.0767 e. The Morgan fingerprint density at radius 3 is 2.60 bits per heavy atom. The fraction of sp³-hybridized carbons (Fsp3) is 0.438. The zero-order valence-electron chi connectivity index (χ0n) is 12.4. The van der Waals surface area contributed by atoms with Crippen molar-refractivity contribution in [3.8, 4) is 0 Å². The van der Waals surface area contributed by atoms with Gasteiger partial charge in [0.25, 0.3) is 0 Å². The first-order valence-corrected chi connectivity index (χ1v) is 7.88. The third kappa shape index (κ3) is 3.49. The van der Waals surface area contributed by atoms with Gasteiger partial charge in [0.15, 0.2) is 0 Å². The van der Waals surface area contributed by atoms with E-state index in [1.54, 1.807) is 0 Å². The van der Waals surface area contributed by atoms with Crippen LogP contribution in [-0.4, -0.2) is 16.3 Å². The second-order valence-corrected chi connectivity index (χ2v) is 5.92. The number of nitrogens with zero attached hydrogens (tertiary/aromatic N) is 2. The molecule has 0 saturated heterocycles. The minimum atomic E-state index is 0.508. The van der Waals surface area contributed by atoms with Crippen LogP contribution in [0.1, 0.15) is 36.7 Å². The van der Waals surface area contributed by atoms with Crippen molar-refractivity contribution < 1.29 is 0 Å². The van der Waals surface area contributed by atoms with E-state index in [9.17, 15) is 0 Å². The Morgan fingerprint density at radius 2 is 2.00 bits per heavy atom. The van der Waals surface area contributed by atoms with Gasteiger partial charge in [-0.1, -0.05) is 44.2 Å². The van der Waals surface area contributed by atoms with E-state index in [2.05, 4.69) is 70.5 Å². The van der Waals surface area contributed by atoms with Crippen LogP contribution in [0.4, 0.5) is 0 Å². The molecule has 0 spiro atoms. The normalized spacial score (nSPS) is 12.6. The third-order valence-electron chi connectivity index (χ3n) is 3.61. The number of halogens is 1. The molecule has 0 aliphatic rings. The number of nitrogens with one attached hydrogen (secondary N) is 1. The molecule has 1 aromatic heterocycles. The molecule has 0 aliphatic carbocycles. The van der Waals surface area contributed by atoms with Crippen molar-refractivity contribution in [1.82, 2.24) is 15.1 Å². The summed E-state index contributed by atoms with van der Waals surface area (Å²) in [6.45, 7) is 6.17. The number of hydrogen-bond acceptors (Lipinski definition) is 2. The second kappa shape index (κ2) is 7.04. The van der Waals surface area contributed by atoms with Crippen LogP contribution in [0, 0.1) is 0 Å². The van der Waals surface area contributed by atoms with Crippen LogP contribution in [0.3, 0.4) is 0 Å². The molecule has 2 aromatic rings. The van der Waals surface area contributed by atoms with E-state index in [0.29, 0.717) is 5.92 Å². The van der Waals surface area contributed by atoms with Gasteiger partial charge in [-0.25, -0.2) is 0 Å². The highest BCUT2D eigenvalue weighted by Crippen LogP contribution is 2.21. The summed E-state index contributed by atoms with van der Waals surface area (Å²) in [6.07, 6.45) is 0.953. The lowest BCUT2D eigenvalue weighted by atomic mass is 10.0. The zero-order chi connectivity index (χ0) is 14.5. The molecule has 108 valence electrons. The predicted octanol–water partition coefficient (Wildman–Crippen LogP) is 3.64. The predicted molar refractivity (Wildman–Crippen MR) is 86.8 cm³/mol. The van der Waals surface area contributed by atoms with Gasteiger partial charge in [-0.05, 0) is 33.8 Å². The number of benzene rings is 1. The topological polar surface area (TPSA) is 29.9 Å². The van der Waals surface area contributed by atoms with Gasteiger partial charge in [-0.15, -0.1) is 0 Å². The molecule has 4 heteroatoms. The lowest BCUT2D eigenvalue weighted by molar-refractivity contribution is 0.582. The fourth-order valence-electron chi connectivity index (χ4n) is 2.32. The molecular weight excluding hydrogens is 314 g/mol. The lowest BCUT2D eigenvalue weighted by Crippen LogP contribution is -2.21. The van der Waals surface area contributed by atoms with Gasteiger partial charge >= 0.3 is 0 Å². The van der Waals surface area contributed by atoms with E-state index in [1.165, 1.54) is 11.3 Å². The van der Waals surface area contributed by atoms with Gasteiger partial charge in [0, 0.05) is 20.1 Å². The average molecular weight is 336 g/mol. The molecule has 1 aromatic carbocycles. The zero-order valence-corrected chi connectivity index (χ0v) is 13.9. The standard InChI is InChI=1S/C16H22BrN3/c1-4-14-16(17)15(20(3)19-14)11-18-10-12(2)13-8-6-5-7-9-13/h5-9,12,18H,4,10-11H2,1-3H3. The van der Waals surface area contributed by atoms with E-state index < -0.39 is 0 Å². The summed E-state index contributed by atoms with van der Waals surface area (Å²) in [7, 11) is 2.00. The van der Waals surface area contributed by atoms with Gasteiger partial charge in [-0.3, -0.25) is 4.68 Å². The van der Waals surface area contributed by atoms with Crippen molar-refractivity contribution in [1.29, 1.82) is 0 Å². The highest BCUT2D eigenvalue weighted by molar-refractivity contribution is 9.10. The van der Waals surface area contributed by atoms with Crippen LogP contribution < -0.4 is 5.32 Å². The molecule has 0 aliphatic heterocycles. The Hall–Kier alpha value is -1.13. The molecule has 3 nitrogen and oxygen atoms in total. The number of rotatable bonds is 6. The highest BCUT2D eigenvalue weighted by atomic mass is 79.9. The van der Waals surface area contributed by atoms with E-state index in [0.717, 1.165) is 29.7 Å². The first-order valence-electron chi connectivity index (χ1n) is 7.09. The van der Waals surface area contributed by atoms with E-state index in [4.69, 9.17) is 0 Å². The molecule has 20 heavy (non-hydrogen) atoms. The first kappa shape index (κ1) is 15.3. The van der Waals surface area contributed by atoms with Crippen LogP contribution in [0.15, 0.2) is 34.8 Å². The summed E-state index contributed by atoms with van der Waals surface area (Å²) in [6, 6.07) is 10.6. The van der Waals surface area contributed by atoms with Crippen molar-refractivity contribution in [2.75, 3.05) is 6.54 Å². The maximum Gasteiger partial charge on any atom is 0.0767 e. The van der Waals surface area contributed by atoms with Crippen LogP contribution in [0.25, 0.3) is 0 Å². The SMILES string of the molecule is CCc1nn(C)c(CNCC(C)c2ccccc2)c1Br. The summed E-state index contributed by atoms with van der Waals surface area (Å²) in [5, 5.41) is 8.04. The van der Waals surface area contributed by atoms with Crippen molar-refractivity contribution in [2.45, 2.75) is 32.7 Å². The molecule has 0 radical (unpaired) electrons. The Bertz CT molecular complexity index is 548. The van der Waals surface area contributed by atoms with Gasteiger partial charge in [-0.2, -0.15) is 5.10 Å². The molecule has 1 heterocycles. The van der Waals surface area contributed by atoms with Crippen molar-refractivity contribution in [3.63, 3.8) is 0 Å². The largest absolute Gasteiger partial charge is 0.311 e. The molecule has 1 unspecified atom stereocenters. The summed E-state index contributed by atoms with van der Waals surface area (Å²) < 4.78 is 3.10. The molecular formula is C16H22BrN3. The number of hydrogen-bond donors (Lipinski definition) is 1. The minimum absolute atomic E-state index is 0.508. The van der Waals surface area contributed by atoms with Gasteiger partial charge in [0.1, 0.15) is 0 Å². The van der Waals surface area contributed by atoms with Crippen LogP contribution in [0.2, 0.25) is 0 Å². The Morgan fingerprint density at radius 1 is 1.30 bits per heavy atom. The maximum absolute atomic E-state index is 4.51. The third-order valence-corrected chi connectivity index (χ3v) is 4.53. The Balaban J connectivity index is 1.92. The fourth-order valence-corrected chi connectivity index (χ4v) is 3.07. The van der Waals surface area contributed by atoms with Gasteiger partial charge in [0.2, 0.25) is 0 Å². The first-order chi connectivity index (χ1) is 9.63. The summed E-state index contributed by atoms with van der Waals surface area (Å²) >= 11 is 3.65. The summed E-state index contributed by atoms with van der Waals surface area (Å²) in [4.78, 5) is 0. The van der Waals surface area contributed by atoms with E-state index in [1.807, 2.05) is 11.7 Å². The molecule has 0 amide bonds. The van der Waals surface area contributed by atoms with Crippen molar-refractivity contribution in [2.24, 2.45) is 7.05 Å². The van der Waals surface area contributed by atoms with Crippen LogP contribution in [-0.2, 0) is 20.0 Å². The maximum atomic E-state index is 4.51. The van der Waals surface area contributed by atoms with Crippen molar-refractivity contribution in [3.05, 3.63) is 51.8 Å². The molecule has 0 saturated carbocycles. The molecule has 1 N–H and O–H groups in total. The van der Waals surface area contributed by atoms with Gasteiger partial charge in [0.05, 0.1) is 15.9 Å². The minimum Gasteiger partial charge on any atom is -0.311 e. The van der Waals surface area contributed by atoms with Crippen LogP contribution >= 0.6 is 15.9 Å². The Kier molecular flexibility index (Phi) is 5.38. The van der Waals surface area contributed by atoms with E-state index >= 15 is 0 Å². The molecule has 0 bridgehead atoms. The second-order valence-electron chi connectivity index (χ2n) is 5.13. The monoisotopic (exact) mass is 335 g/mol. The molecule has 0 fully saturated rings. The average Bonchev–Trinajstić information content (AvgIpc) is 2.75. The van der Waals surface area contributed by atoms with Gasteiger partial charge < -0.3 is 5.32 Å². The Labute approximate surface area is 129 Å². The lowest BCUT2D eigenvalue weighted by Gasteiger charge is -2.13. The number of aryl methyl sites for hydroxylation is 2. The highest BCUT2D eigenvalue weighted by Gasteiger charge is 2.12. The summed E-state index contributed by atoms with van der Waals surface area (Å²) in [5.74, 6) is 0.508. The molecule has 1 atom stereocenters. The summed E-state index contributed by atoms with van der Waals surface area (Å²) in [5.41, 5.74) is 3.71.